The number of rotatable bonds is 5. The second-order valence-electron chi connectivity index (χ2n) is 8.84. The van der Waals surface area contributed by atoms with E-state index in [9.17, 15) is 9.18 Å². The average Bonchev–Trinajstić information content (AvgIpc) is 3.20. The molecular weight excluding hydrogens is 548 g/mol. The van der Waals surface area contributed by atoms with Crippen LogP contribution in [0.3, 0.4) is 0 Å². The summed E-state index contributed by atoms with van der Waals surface area (Å²) in [5, 5.41) is 14.0. The molecule has 5 rings (SSSR count). The Bertz CT molecular complexity index is 1580. The summed E-state index contributed by atoms with van der Waals surface area (Å²) in [6.07, 6.45) is 6.07. The molecule has 0 atom stereocenters. The molecule has 3 heterocycles. The first-order valence-corrected chi connectivity index (χ1v) is 12.5. The molecule has 0 unspecified atom stereocenters. The Morgan fingerprint density at radius 1 is 1.18 bits per heavy atom. The quantitative estimate of drug-likeness (QED) is 0.274. The normalized spacial score (nSPS) is 13.2. The maximum Gasteiger partial charge on any atom is 0.326 e. The van der Waals surface area contributed by atoms with Crippen molar-refractivity contribution in [3.05, 3.63) is 105 Å². The monoisotopic (exact) mass is 569 g/mol. The highest BCUT2D eigenvalue weighted by Crippen LogP contribution is 2.32. The van der Waals surface area contributed by atoms with E-state index >= 15 is 0 Å². The van der Waals surface area contributed by atoms with Gasteiger partial charge in [0.15, 0.2) is 0 Å². The number of amides is 1. The number of nitrogens with one attached hydrogen (secondary N) is 1. The first kappa shape index (κ1) is 27.6. The summed E-state index contributed by atoms with van der Waals surface area (Å²) in [5.74, 6) is -0.434. The molecule has 0 saturated heterocycles. The predicted molar refractivity (Wildman–Crippen MR) is 150 cm³/mol. The molecule has 2 aromatic carbocycles. The third-order valence-electron chi connectivity index (χ3n) is 6.35. The molecule has 0 bridgehead atoms. The fourth-order valence-electron chi connectivity index (χ4n) is 4.69. The first-order valence-electron chi connectivity index (χ1n) is 11.7. The summed E-state index contributed by atoms with van der Waals surface area (Å²) in [5.41, 5.74) is 4.63. The number of fused-ring (bicyclic) bond motifs is 3. The number of aromatic nitrogens is 2. The van der Waals surface area contributed by atoms with E-state index in [-0.39, 0.29) is 24.0 Å². The van der Waals surface area contributed by atoms with Crippen molar-refractivity contribution in [3.8, 4) is 6.07 Å². The number of halogens is 4. The molecule has 6 nitrogen and oxygen atoms in total. The van der Waals surface area contributed by atoms with Gasteiger partial charge in [-0.1, -0.05) is 35.4 Å². The van der Waals surface area contributed by atoms with Crippen LogP contribution in [0.5, 0.6) is 0 Å². The molecule has 0 aliphatic carbocycles. The van der Waals surface area contributed by atoms with Crippen LogP contribution in [0.25, 0.3) is 17.0 Å². The van der Waals surface area contributed by atoms with Crippen molar-refractivity contribution < 1.29 is 9.18 Å². The Hall–Kier alpha value is -3.41. The van der Waals surface area contributed by atoms with Gasteiger partial charge in [-0.2, -0.15) is 5.26 Å². The highest BCUT2D eigenvalue weighted by Gasteiger charge is 2.26. The van der Waals surface area contributed by atoms with Gasteiger partial charge in [0.2, 0.25) is 0 Å². The summed E-state index contributed by atoms with van der Waals surface area (Å²) in [6.45, 7) is 2.36. The zero-order chi connectivity index (χ0) is 25.9. The van der Waals surface area contributed by atoms with Crippen molar-refractivity contribution >= 4 is 58.6 Å². The number of nitriles is 1. The largest absolute Gasteiger partial charge is 0.333 e. The smallest absolute Gasteiger partial charge is 0.326 e. The summed E-state index contributed by atoms with van der Waals surface area (Å²) >= 11 is 12.3. The molecule has 1 aliphatic heterocycles. The minimum absolute atomic E-state index is 0. The fraction of sp³-hybridized carbons (Fsp3) is 0.179. The van der Waals surface area contributed by atoms with Gasteiger partial charge in [-0.15, -0.1) is 12.4 Å². The van der Waals surface area contributed by atoms with Crippen molar-refractivity contribution in [1.29, 1.82) is 5.26 Å². The van der Waals surface area contributed by atoms with Crippen LogP contribution in [0, 0.1) is 17.1 Å². The Balaban J connectivity index is 0.00000336. The van der Waals surface area contributed by atoms with E-state index in [0.29, 0.717) is 41.8 Å². The van der Waals surface area contributed by atoms with Crippen LogP contribution in [-0.4, -0.2) is 33.6 Å². The summed E-state index contributed by atoms with van der Waals surface area (Å²) in [4.78, 5) is 19.5. The minimum Gasteiger partial charge on any atom is -0.333 e. The summed E-state index contributed by atoms with van der Waals surface area (Å²) < 4.78 is 15.5. The molecule has 1 amide bonds. The lowest BCUT2D eigenvalue weighted by Crippen LogP contribution is -2.34. The Kier molecular flexibility index (Phi) is 8.70. The number of nitrogens with zero attached hydrogens (tertiary/aromatic N) is 4. The van der Waals surface area contributed by atoms with Crippen molar-refractivity contribution in [2.24, 2.45) is 0 Å². The van der Waals surface area contributed by atoms with Gasteiger partial charge in [-0.05, 0) is 65.2 Å². The van der Waals surface area contributed by atoms with E-state index in [4.69, 9.17) is 28.5 Å². The Labute approximate surface area is 235 Å². The molecule has 0 saturated carbocycles. The lowest BCUT2D eigenvalue weighted by molar-refractivity contribution is 0.240. The maximum atomic E-state index is 13.7. The van der Waals surface area contributed by atoms with Crippen LogP contribution in [-0.2, 0) is 19.5 Å². The molecule has 10 heteroatoms. The molecule has 0 radical (unpaired) electrons. The molecule has 4 aromatic rings. The topological polar surface area (TPSA) is 74.0 Å². The molecular formula is C28H23Cl3FN5O. The summed E-state index contributed by atoms with van der Waals surface area (Å²) in [7, 11) is 0. The molecule has 0 spiro atoms. The fourth-order valence-corrected chi connectivity index (χ4v) is 5.06. The third kappa shape index (κ3) is 6.01. The second-order valence-corrected chi connectivity index (χ2v) is 9.66. The zero-order valence-corrected chi connectivity index (χ0v) is 22.5. The number of carbonyl (C=O) groups excluding carboxylic acids is 1. The SMILES string of the molecule is Cl.N#Cc1cc(F)cc(/C=C/CN2CCc3c(c4cc(Cl)ccc4n3C(=O)NCc3ccnc(Cl)c3)C2)c1. The maximum absolute atomic E-state index is 13.7. The molecule has 1 aliphatic rings. The van der Waals surface area contributed by atoms with Gasteiger partial charge in [0.05, 0.1) is 17.1 Å². The number of pyridine rings is 1. The van der Waals surface area contributed by atoms with Gasteiger partial charge >= 0.3 is 6.03 Å². The Morgan fingerprint density at radius 3 is 2.82 bits per heavy atom. The first-order chi connectivity index (χ1) is 17.9. The minimum atomic E-state index is -0.434. The molecule has 194 valence electrons. The van der Waals surface area contributed by atoms with E-state index < -0.39 is 5.82 Å². The van der Waals surface area contributed by atoms with Crippen LogP contribution < -0.4 is 5.32 Å². The van der Waals surface area contributed by atoms with Gasteiger partial charge in [-0.25, -0.2) is 14.2 Å². The van der Waals surface area contributed by atoms with Crippen LogP contribution in [0.2, 0.25) is 10.2 Å². The van der Waals surface area contributed by atoms with Gasteiger partial charge in [-0.3, -0.25) is 9.47 Å². The van der Waals surface area contributed by atoms with Crippen LogP contribution >= 0.6 is 35.6 Å². The van der Waals surface area contributed by atoms with Gasteiger partial charge < -0.3 is 5.32 Å². The standard InChI is InChI=1S/C28H22Cl2FN5O.ClH/c29-21-3-4-25-23(14-21)24-17-35(8-1-2-18-10-20(15-32)12-22(31)11-18)9-6-26(24)36(25)28(37)34-16-19-5-7-33-27(30)13-19;/h1-5,7,10-14H,6,8-9,16-17H2,(H,34,37);1H/b2-1+;. The van der Waals surface area contributed by atoms with Gasteiger partial charge in [0.25, 0.3) is 0 Å². The Morgan fingerprint density at radius 2 is 2.03 bits per heavy atom. The number of benzene rings is 2. The summed E-state index contributed by atoms with van der Waals surface area (Å²) in [6, 6.07) is 15.1. The van der Waals surface area contributed by atoms with Gasteiger partial charge in [0, 0.05) is 54.9 Å². The van der Waals surface area contributed by atoms with E-state index in [2.05, 4.69) is 15.2 Å². The molecule has 0 fully saturated rings. The molecule has 38 heavy (non-hydrogen) atoms. The van der Waals surface area contributed by atoms with Gasteiger partial charge in [0.1, 0.15) is 11.0 Å². The lowest BCUT2D eigenvalue weighted by Gasteiger charge is -2.27. The lowest BCUT2D eigenvalue weighted by atomic mass is 10.0. The van der Waals surface area contributed by atoms with E-state index in [1.807, 2.05) is 36.4 Å². The van der Waals surface area contributed by atoms with E-state index in [1.54, 1.807) is 29.0 Å². The number of hydrogen-bond donors (Lipinski definition) is 1. The highest BCUT2D eigenvalue weighted by molar-refractivity contribution is 6.31. The predicted octanol–water partition coefficient (Wildman–Crippen LogP) is 6.61. The highest BCUT2D eigenvalue weighted by atomic mass is 35.5. The van der Waals surface area contributed by atoms with Crippen molar-refractivity contribution in [3.63, 3.8) is 0 Å². The van der Waals surface area contributed by atoms with Crippen molar-refractivity contribution in [2.75, 3.05) is 13.1 Å². The van der Waals surface area contributed by atoms with E-state index in [1.165, 1.54) is 12.1 Å². The zero-order valence-electron chi connectivity index (χ0n) is 20.1. The average molecular weight is 571 g/mol. The van der Waals surface area contributed by atoms with E-state index in [0.717, 1.165) is 34.3 Å². The van der Waals surface area contributed by atoms with Crippen LogP contribution in [0.4, 0.5) is 9.18 Å². The van der Waals surface area contributed by atoms with Crippen molar-refractivity contribution in [2.45, 2.75) is 19.5 Å². The number of carbonyl (C=O) groups is 1. The van der Waals surface area contributed by atoms with Crippen LogP contribution in [0.1, 0.15) is 27.9 Å². The molecule has 1 N–H and O–H groups in total. The molecule has 2 aromatic heterocycles. The number of hydrogen-bond acceptors (Lipinski definition) is 4. The van der Waals surface area contributed by atoms with Crippen molar-refractivity contribution in [1.82, 2.24) is 19.8 Å². The van der Waals surface area contributed by atoms with Crippen LogP contribution in [0.15, 0.2) is 60.8 Å². The third-order valence-corrected chi connectivity index (χ3v) is 6.79. The second kappa shape index (κ2) is 12.0.